The molecule has 0 atom stereocenters. The zero-order valence-corrected chi connectivity index (χ0v) is 21.8. The predicted molar refractivity (Wildman–Crippen MR) is 140 cm³/mol. The molecular weight excluding hydrogens is 529 g/mol. The standard InChI is InChI=1S/C29H26ClF3N4O2/c30-26-14-23(17-36-11-9-35(10-12-36)16-21-3-1-20(15-34)2-4-21)13-24-19-37(28(38)27(24)26)18-22-5-7-25(8-6-22)39-29(31,32)33/h1-8,13-14H,9-12,16-19H2. The molecular formula is C29H26ClF3N4O2. The van der Waals surface area contributed by atoms with Crippen LogP contribution in [0.3, 0.4) is 0 Å². The van der Waals surface area contributed by atoms with Crippen LogP contribution in [0.2, 0.25) is 5.02 Å². The molecule has 0 saturated carbocycles. The van der Waals surface area contributed by atoms with Crippen molar-refractivity contribution >= 4 is 17.5 Å². The second-order valence-electron chi connectivity index (χ2n) is 9.83. The first-order chi connectivity index (χ1) is 18.7. The van der Waals surface area contributed by atoms with E-state index in [0.717, 1.165) is 50.4 Å². The molecule has 0 unspecified atom stereocenters. The maximum Gasteiger partial charge on any atom is 0.573 e. The topological polar surface area (TPSA) is 59.8 Å². The fraction of sp³-hybridized carbons (Fsp3) is 0.310. The maximum atomic E-state index is 13.0. The van der Waals surface area contributed by atoms with Gasteiger partial charge >= 0.3 is 6.36 Å². The van der Waals surface area contributed by atoms with Gasteiger partial charge < -0.3 is 9.64 Å². The minimum absolute atomic E-state index is 0.186. The molecule has 0 aromatic heterocycles. The van der Waals surface area contributed by atoms with Gasteiger partial charge in [-0.05, 0) is 52.6 Å². The second-order valence-corrected chi connectivity index (χ2v) is 10.2. The van der Waals surface area contributed by atoms with Gasteiger partial charge in [-0.3, -0.25) is 14.6 Å². The van der Waals surface area contributed by atoms with E-state index in [1.54, 1.807) is 4.90 Å². The number of rotatable bonds is 7. The lowest BCUT2D eigenvalue weighted by atomic mass is 10.1. The lowest BCUT2D eigenvalue weighted by molar-refractivity contribution is -0.274. The van der Waals surface area contributed by atoms with E-state index in [2.05, 4.69) is 20.6 Å². The molecule has 39 heavy (non-hydrogen) atoms. The maximum absolute atomic E-state index is 13.0. The third kappa shape index (κ3) is 6.71. The molecule has 5 rings (SSSR count). The lowest BCUT2D eigenvalue weighted by Gasteiger charge is -2.34. The lowest BCUT2D eigenvalue weighted by Crippen LogP contribution is -2.45. The summed E-state index contributed by atoms with van der Waals surface area (Å²) in [5, 5.41) is 9.39. The Bertz CT molecular complexity index is 1380. The van der Waals surface area contributed by atoms with Gasteiger partial charge in [0.2, 0.25) is 0 Å². The molecule has 3 aromatic carbocycles. The molecule has 0 aliphatic carbocycles. The van der Waals surface area contributed by atoms with Crippen molar-refractivity contribution in [3.8, 4) is 11.8 Å². The summed E-state index contributed by atoms with van der Waals surface area (Å²) in [6.45, 7) is 5.89. The predicted octanol–water partition coefficient (Wildman–Crippen LogP) is 5.58. The number of hydrogen-bond donors (Lipinski definition) is 0. The third-order valence-corrected chi connectivity index (χ3v) is 7.28. The van der Waals surface area contributed by atoms with E-state index >= 15 is 0 Å². The molecule has 3 aromatic rings. The first kappa shape index (κ1) is 27.0. The summed E-state index contributed by atoms with van der Waals surface area (Å²) in [6.07, 6.45) is -4.75. The van der Waals surface area contributed by atoms with Gasteiger partial charge in [0, 0.05) is 52.4 Å². The summed E-state index contributed by atoms with van der Waals surface area (Å²) in [4.78, 5) is 19.4. The van der Waals surface area contributed by atoms with Crippen molar-refractivity contribution < 1.29 is 22.7 Å². The van der Waals surface area contributed by atoms with Crippen molar-refractivity contribution in [2.45, 2.75) is 32.5 Å². The fourth-order valence-corrected chi connectivity index (χ4v) is 5.41. The highest BCUT2D eigenvalue weighted by atomic mass is 35.5. The second kappa shape index (κ2) is 11.3. The Balaban J connectivity index is 1.16. The van der Waals surface area contributed by atoms with E-state index < -0.39 is 6.36 Å². The number of ether oxygens (including phenoxy) is 1. The van der Waals surface area contributed by atoms with Crippen molar-refractivity contribution in [3.63, 3.8) is 0 Å². The summed E-state index contributed by atoms with van der Waals surface area (Å²) >= 11 is 6.56. The van der Waals surface area contributed by atoms with Gasteiger partial charge in [-0.25, -0.2) is 0 Å². The van der Waals surface area contributed by atoms with Crippen molar-refractivity contribution in [2.24, 2.45) is 0 Å². The van der Waals surface area contributed by atoms with Gasteiger partial charge in [-0.2, -0.15) is 5.26 Å². The van der Waals surface area contributed by atoms with E-state index in [0.29, 0.717) is 28.3 Å². The normalized spacial score (nSPS) is 16.3. The molecule has 6 nitrogen and oxygen atoms in total. The van der Waals surface area contributed by atoms with E-state index in [-0.39, 0.29) is 18.2 Å². The van der Waals surface area contributed by atoms with Crippen LogP contribution < -0.4 is 4.74 Å². The molecule has 0 bridgehead atoms. The number of benzene rings is 3. The van der Waals surface area contributed by atoms with Crippen molar-refractivity contribution in [1.82, 2.24) is 14.7 Å². The molecule has 0 radical (unpaired) electrons. The van der Waals surface area contributed by atoms with E-state index in [4.69, 9.17) is 16.9 Å². The number of piperazine rings is 1. The first-order valence-electron chi connectivity index (χ1n) is 12.6. The number of alkyl halides is 3. The Morgan fingerprint density at radius 3 is 2.00 bits per heavy atom. The minimum Gasteiger partial charge on any atom is -0.406 e. The Morgan fingerprint density at radius 2 is 1.41 bits per heavy atom. The van der Waals surface area contributed by atoms with Gasteiger partial charge in [0.15, 0.2) is 0 Å². The number of amides is 1. The third-order valence-electron chi connectivity index (χ3n) is 6.98. The number of fused-ring (bicyclic) bond motifs is 1. The van der Waals surface area contributed by atoms with E-state index in [1.807, 2.05) is 36.4 Å². The summed E-state index contributed by atoms with van der Waals surface area (Å²) in [6, 6.07) is 19.2. The minimum atomic E-state index is -4.75. The van der Waals surface area contributed by atoms with E-state index in [9.17, 15) is 18.0 Å². The molecule has 2 heterocycles. The Morgan fingerprint density at radius 1 is 0.846 bits per heavy atom. The number of carbonyl (C=O) groups is 1. The zero-order chi connectivity index (χ0) is 27.6. The van der Waals surface area contributed by atoms with Crippen LogP contribution in [0.25, 0.3) is 0 Å². The summed E-state index contributed by atoms with van der Waals surface area (Å²) in [5.41, 5.74) is 4.94. The SMILES string of the molecule is N#Cc1ccc(CN2CCN(Cc3cc(Cl)c4c(c3)CN(Cc3ccc(OC(F)(F)F)cc3)C4=O)CC2)cc1. The number of nitrogens with zero attached hydrogens (tertiary/aromatic N) is 4. The van der Waals surface area contributed by atoms with Crippen LogP contribution in [0.4, 0.5) is 13.2 Å². The Hall–Kier alpha value is -3.58. The first-order valence-corrected chi connectivity index (χ1v) is 12.9. The quantitative estimate of drug-likeness (QED) is 0.381. The molecule has 2 aliphatic heterocycles. The van der Waals surface area contributed by atoms with Gasteiger partial charge in [0.1, 0.15) is 5.75 Å². The van der Waals surface area contributed by atoms with Gasteiger partial charge in [-0.15, -0.1) is 13.2 Å². The van der Waals surface area contributed by atoms with Crippen LogP contribution in [0.5, 0.6) is 5.75 Å². The number of carbonyl (C=O) groups excluding carboxylic acids is 1. The molecule has 2 aliphatic rings. The van der Waals surface area contributed by atoms with Gasteiger partial charge in [-0.1, -0.05) is 41.9 Å². The highest BCUT2D eigenvalue weighted by Crippen LogP contribution is 2.32. The molecule has 0 spiro atoms. The number of halogens is 4. The van der Waals surface area contributed by atoms with Gasteiger partial charge in [0.25, 0.3) is 5.91 Å². The molecule has 202 valence electrons. The average molecular weight is 555 g/mol. The highest BCUT2D eigenvalue weighted by molar-refractivity contribution is 6.34. The monoisotopic (exact) mass is 554 g/mol. The van der Waals surface area contributed by atoms with Crippen LogP contribution in [-0.2, 0) is 26.2 Å². The van der Waals surface area contributed by atoms with Crippen molar-refractivity contribution in [3.05, 3.63) is 99.1 Å². The van der Waals surface area contributed by atoms with Crippen LogP contribution in [0.1, 0.15) is 38.2 Å². The average Bonchev–Trinajstić information content (AvgIpc) is 3.21. The van der Waals surface area contributed by atoms with Crippen LogP contribution >= 0.6 is 11.6 Å². The highest BCUT2D eigenvalue weighted by Gasteiger charge is 2.32. The van der Waals surface area contributed by atoms with Crippen LogP contribution in [0.15, 0.2) is 60.7 Å². The zero-order valence-electron chi connectivity index (χ0n) is 21.0. The number of nitriles is 1. The fourth-order valence-electron chi connectivity index (χ4n) is 5.07. The van der Waals surface area contributed by atoms with Crippen molar-refractivity contribution in [2.75, 3.05) is 26.2 Å². The molecule has 0 N–H and O–H groups in total. The molecule has 1 saturated heterocycles. The summed E-state index contributed by atoms with van der Waals surface area (Å²) in [7, 11) is 0. The summed E-state index contributed by atoms with van der Waals surface area (Å²) < 4.78 is 41.1. The smallest absolute Gasteiger partial charge is 0.406 e. The summed E-state index contributed by atoms with van der Waals surface area (Å²) in [5.74, 6) is -0.487. The molecule has 10 heteroatoms. The van der Waals surface area contributed by atoms with Crippen LogP contribution in [0, 0.1) is 11.3 Å². The Labute approximate surface area is 229 Å². The number of hydrogen-bond acceptors (Lipinski definition) is 5. The molecule has 1 fully saturated rings. The van der Waals surface area contributed by atoms with Crippen molar-refractivity contribution in [1.29, 1.82) is 5.26 Å². The van der Waals surface area contributed by atoms with E-state index in [1.165, 1.54) is 29.8 Å². The van der Waals surface area contributed by atoms with Crippen LogP contribution in [-0.4, -0.2) is 53.1 Å². The van der Waals surface area contributed by atoms with Gasteiger partial charge in [0.05, 0.1) is 22.2 Å². The molecule has 1 amide bonds. The Kier molecular flexibility index (Phi) is 7.80. The largest absolute Gasteiger partial charge is 0.573 e.